The van der Waals surface area contributed by atoms with Crippen LogP contribution in [0.4, 0.5) is 5.69 Å². The zero-order valence-corrected chi connectivity index (χ0v) is 15.1. The van der Waals surface area contributed by atoms with Gasteiger partial charge in [0.25, 0.3) is 5.91 Å². The summed E-state index contributed by atoms with van der Waals surface area (Å²) in [4.78, 5) is 20.3. The first-order valence-electron chi connectivity index (χ1n) is 7.94. The van der Waals surface area contributed by atoms with E-state index in [2.05, 4.69) is 10.3 Å². The number of amides is 1. The second kappa shape index (κ2) is 6.50. The Morgan fingerprint density at radius 2 is 2.16 bits per heavy atom. The summed E-state index contributed by atoms with van der Waals surface area (Å²) in [5.74, 6) is 0.000571. The van der Waals surface area contributed by atoms with Crippen molar-refractivity contribution in [3.63, 3.8) is 0 Å². The highest BCUT2D eigenvalue weighted by molar-refractivity contribution is 7.09. The lowest BCUT2D eigenvalue weighted by Crippen LogP contribution is -2.32. The van der Waals surface area contributed by atoms with Crippen molar-refractivity contribution in [3.05, 3.63) is 80.8 Å². The topological polar surface area (TPSA) is 45.2 Å². The molecule has 0 saturated carbocycles. The van der Waals surface area contributed by atoms with Gasteiger partial charge in [0, 0.05) is 21.8 Å². The van der Waals surface area contributed by atoms with E-state index >= 15 is 0 Å². The minimum atomic E-state index is -0.300. The maximum Gasteiger partial charge on any atom is 0.258 e. The third-order valence-corrected chi connectivity index (χ3v) is 5.38. The average molecular weight is 370 g/mol. The van der Waals surface area contributed by atoms with Crippen LogP contribution in [0.15, 0.2) is 54.0 Å². The molecule has 1 aliphatic heterocycles. The van der Waals surface area contributed by atoms with Crippen molar-refractivity contribution < 1.29 is 4.79 Å². The van der Waals surface area contributed by atoms with Crippen LogP contribution in [0.2, 0.25) is 5.02 Å². The molecule has 6 heteroatoms. The molecule has 0 fully saturated rings. The Hall–Kier alpha value is -2.37. The quantitative estimate of drug-likeness (QED) is 0.713. The lowest BCUT2D eigenvalue weighted by molar-refractivity contribution is 0.0729. The number of pyridine rings is 1. The number of carbonyl (C=O) groups is 1. The van der Waals surface area contributed by atoms with Crippen molar-refractivity contribution in [3.8, 4) is 0 Å². The van der Waals surface area contributed by atoms with Crippen LogP contribution >= 0.6 is 22.9 Å². The molecule has 3 heterocycles. The summed E-state index contributed by atoms with van der Waals surface area (Å²) in [6.45, 7) is 2.55. The maximum atomic E-state index is 12.9. The molecule has 1 unspecified atom stereocenters. The molecule has 2 aromatic heterocycles. The summed E-state index contributed by atoms with van der Waals surface area (Å²) in [6.07, 6.45) is 1.43. The Labute approximate surface area is 155 Å². The van der Waals surface area contributed by atoms with Crippen molar-refractivity contribution in [2.45, 2.75) is 19.6 Å². The van der Waals surface area contributed by atoms with Crippen molar-refractivity contribution in [2.24, 2.45) is 0 Å². The van der Waals surface area contributed by atoms with Gasteiger partial charge in [-0.1, -0.05) is 17.7 Å². The van der Waals surface area contributed by atoms with Gasteiger partial charge < -0.3 is 10.2 Å². The van der Waals surface area contributed by atoms with Crippen LogP contribution in [0, 0.1) is 6.92 Å². The first-order valence-corrected chi connectivity index (χ1v) is 9.20. The van der Waals surface area contributed by atoms with E-state index in [1.807, 2.05) is 53.6 Å². The first-order chi connectivity index (χ1) is 12.1. The Morgan fingerprint density at radius 1 is 1.28 bits per heavy atom. The van der Waals surface area contributed by atoms with E-state index in [0.29, 0.717) is 17.1 Å². The van der Waals surface area contributed by atoms with Gasteiger partial charge in [-0.15, -0.1) is 11.3 Å². The molecule has 1 aromatic carbocycles. The molecule has 0 bridgehead atoms. The van der Waals surface area contributed by atoms with Crippen molar-refractivity contribution in [1.82, 2.24) is 9.88 Å². The number of benzene rings is 1. The Balaban J connectivity index is 1.71. The minimum absolute atomic E-state index is 0.000571. The largest absolute Gasteiger partial charge is 0.360 e. The molecular weight excluding hydrogens is 354 g/mol. The van der Waals surface area contributed by atoms with E-state index in [9.17, 15) is 4.79 Å². The normalized spacial score (nSPS) is 16.2. The molecule has 4 nitrogen and oxygen atoms in total. The minimum Gasteiger partial charge on any atom is -0.360 e. The summed E-state index contributed by atoms with van der Waals surface area (Å²) < 4.78 is 0. The summed E-state index contributed by atoms with van der Waals surface area (Å²) in [7, 11) is 0. The highest BCUT2D eigenvalue weighted by atomic mass is 35.5. The standard InChI is InChI=1S/C19H16ClN3OS/c1-12-10-13(20)6-7-16(12)22-18-17-15(5-2-8-21-17)19(24)23(18)11-14-4-3-9-25-14/h2-10,18,22H,11H2,1H3. The fourth-order valence-electron chi connectivity index (χ4n) is 3.05. The summed E-state index contributed by atoms with van der Waals surface area (Å²) in [5.41, 5.74) is 3.39. The zero-order chi connectivity index (χ0) is 17.4. The van der Waals surface area contributed by atoms with Crippen LogP contribution in [0.5, 0.6) is 0 Å². The number of fused-ring (bicyclic) bond motifs is 1. The molecule has 126 valence electrons. The fourth-order valence-corrected chi connectivity index (χ4v) is 3.98. The number of hydrogen-bond acceptors (Lipinski definition) is 4. The van der Waals surface area contributed by atoms with Crippen LogP contribution in [0.25, 0.3) is 0 Å². The summed E-state index contributed by atoms with van der Waals surface area (Å²) in [6, 6.07) is 13.4. The number of aromatic nitrogens is 1. The number of rotatable bonds is 4. The van der Waals surface area contributed by atoms with E-state index in [-0.39, 0.29) is 12.1 Å². The van der Waals surface area contributed by atoms with Crippen LogP contribution < -0.4 is 5.32 Å². The van der Waals surface area contributed by atoms with E-state index in [0.717, 1.165) is 21.8 Å². The lowest BCUT2D eigenvalue weighted by atomic mass is 10.1. The molecular formula is C19H16ClN3OS. The van der Waals surface area contributed by atoms with Gasteiger partial charge >= 0.3 is 0 Å². The Morgan fingerprint density at radius 3 is 2.92 bits per heavy atom. The molecule has 4 rings (SSSR count). The molecule has 0 aliphatic carbocycles. The highest BCUT2D eigenvalue weighted by Crippen LogP contribution is 2.35. The molecule has 0 saturated heterocycles. The number of anilines is 1. The van der Waals surface area contributed by atoms with Crippen LogP contribution in [-0.2, 0) is 6.54 Å². The molecule has 1 N–H and O–H groups in total. The smallest absolute Gasteiger partial charge is 0.258 e. The SMILES string of the molecule is Cc1cc(Cl)ccc1NC1c2ncccc2C(=O)N1Cc1cccs1. The van der Waals surface area contributed by atoms with Crippen molar-refractivity contribution in [1.29, 1.82) is 0 Å². The van der Waals surface area contributed by atoms with E-state index < -0.39 is 0 Å². The number of hydrogen-bond donors (Lipinski definition) is 1. The second-order valence-electron chi connectivity index (χ2n) is 5.95. The molecule has 25 heavy (non-hydrogen) atoms. The maximum absolute atomic E-state index is 12.9. The van der Waals surface area contributed by atoms with Gasteiger partial charge in [0.2, 0.25) is 0 Å². The molecule has 1 amide bonds. The average Bonchev–Trinajstić information content (AvgIpc) is 3.20. The van der Waals surface area contributed by atoms with E-state index in [1.54, 1.807) is 23.6 Å². The van der Waals surface area contributed by atoms with E-state index in [1.165, 1.54) is 0 Å². The van der Waals surface area contributed by atoms with Crippen LogP contribution in [-0.4, -0.2) is 15.8 Å². The number of carbonyl (C=O) groups excluding carboxylic acids is 1. The van der Waals surface area contributed by atoms with E-state index in [4.69, 9.17) is 11.6 Å². The number of thiophene rings is 1. The number of aryl methyl sites for hydroxylation is 1. The van der Waals surface area contributed by atoms with Gasteiger partial charge in [-0.2, -0.15) is 0 Å². The van der Waals surface area contributed by atoms with Gasteiger partial charge in [0.1, 0.15) is 6.17 Å². The van der Waals surface area contributed by atoms with Gasteiger partial charge in [-0.05, 0) is 54.3 Å². The summed E-state index contributed by atoms with van der Waals surface area (Å²) >= 11 is 7.70. The van der Waals surface area contributed by atoms with Crippen molar-refractivity contribution in [2.75, 3.05) is 5.32 Å². The number of nitrogens with one attached hydrogen (secondary N) is 1. The van der Waals surface area contributed by atoms with Gasteiger partial charge in [-0.25, -0.2) is 0 Å². The molecule has 0 spiro atoms. The second-order valence-corrected chi connectivity index (χ2v) is 7.42. The van der Waals surface area contributed by atoms with Crippen LogP contribution in [0.1, 0.15) is 32.7 Å². The number of nitrogens with zero attached hydrogens (tertiary/aromatic N) is 2. The highest BCUT2D eigenvalue weighted by Gasteiger charge is 2.38. The third kappa shape index (κ3) is 3.01. The van der Waals surface area contributed by atoms with Gasteiger partial charge in [0.15, 0.2) is 0 Å². The number of halogens is 1. The Bertz CT molecular complexity index is 926. The summed E-state index contributed by atoms with van der Waals surface area (Å²) in [5, 5.41) is 6.19. The third-order valence-electron chi connectivity index (χ3n) is 4.29. The predicted octanol–water partition coefficient (Wildman–Crippen LogP) is 4.87. The van der Waals surface area contributed by atoms with Crippen molar-refractivity contribution >= 4 is 34.5 Å². The van der Waals surface area contributed by atoms with Crippen LogP contribution in [0.3, 0.4) is 0 Å². The zero-order valence-electron chi connectivity index (χ0n) is 13.6. The molecule has 1 atom stereocenters. The molecule has 1 aliphatic rings. The van der Waals surface area contributed by atoms with Gasteiger partial charge in [0.05, 0.1) is 17.8 Å². The lowest BCUT2D eigenvalue weighted by Gasteiger charge is -2.26. The van der Waals surface area contributed by atoms with Gasteiger partial charge in [-0.3, -0.25) is 9.78 Å². The molecule has 3 aromatic rings. The Kier molecular flexibility index (Phi) is 4.19. The fraction of sp³-hybridized carbons (Fsp3) is 0.158. The predicted molar refractivity (Wildman–Crippen MR) is 101 cm³/mol. The first kappa shape index (κ1) is 16.1. The molecule has 0 radical (unpaired) electrons. The monoisotopic (exact) mass is 369 g/mol.